The molecule has 1 aliphatic heterocycles. The lowest BCUT2D eigenvalue weighted by Gasteiger charge is -2.13. The number of ether oxygens (including phenoxy) is 2. The fourth-order valence-corrected chi connectivity index (χ4v) is 2.33. The van der Waals surface area contributed by atoms with Crippen molar-refractivity contribution >= 4 is 5.69 Å². The Morgan fingerprint density at radius 2 is 2.26 bits per heavy atom. The summed E-state index contributed by atoms with van der Waals surface area (Å²) >= 11 is 0. The van der Waals surface area contributed by atoms with Gasteiger partial charge in [0.25, 0.3) is 0 Å². The minimum absolute atomic E-state index is 0.111. The van der Waals surface area contributed by atoms with Gasteiger partial charge in [-0.3, -0.25) is 0 Å². The van der Waals surface area contributed by atoms with E-state index in [9.17, 15) is 0 Å². The predicted octanol–water partition coefficient (Wildman–Crippen LogP) is 3.44. The maximum Gasteiger partial charge on any atom is 0.219 e. The van der Waals surface area contributed by atoms with E-state index in [1.807, 2.05) is 12.1 Å². The van der Waals surface area contributed by atoms with Crippen molar-refractivity contribution in [2.45, 2.75) is 26.1 Å². The quantitative estimate of drug-likeness (QED) is 0.914. The Balaban J connectivity index is 1.93. The van der Waals surface area contributed by atoms with Gasteiger partial charge in [-0.2, -0.15) is 0 Å². The van der Waals surface area contributed by atoms with Gasteiger partial charge in [-0.15, -0.1) is 0 Å². The van der Waals surface area contributed by atoms with Crippen molar-refractivity contribution in [2.75, 3.05) is 5.73 Å². The maximum atomic E-state index is 5.86. The summed E-state index contributed by atoms with van der Waals surface area (Å²) in [5.74, 6) is 1.36. The molecule has 1 aliphatic rings. The molecule has 3 rings (SSSR count). The maximum absolute atomic E-state index is 5.86. The van der Waals surface area contributed by atoms with Crippen molar-refractivity contribution in [3.63, 3.8) is 0 Å². The first-order valence-electron chi connectivity index (χ1n) is 6.40. The average molecular weight is 256 g/mol. The SMILES string of the molecule is CCC1OCc2cccc(Oc3ccc(N)cn3)c21. The van der Waals surface area contributed by atoms with Crippen LogP contribution in [0.2, 0.25) is 0 Å². The van der Waals surface area contributed by atoms with Crippen molar-refractivity contribution < 1.29 is 9.47 Å². The van der Waals surface area contributed by atoms with Gasteiger partial charge in [0.2, 0.25) is 5.88 Å². The second-order valence-corrected chi connectivity index (χ2v) is 4.57. The molecule has 0 saturated heterocycles. The minimum Gasteiger partial charge on any atom is -0.439 e. The summed E-state index contributed by atoms with van der Waals surface area (Å²) in [5, 5.41) is 0. The van der Waals surface area contributed by atoms with Crippen LogP contribution < -0.4 is 10.5 Å². The number of nitrogens with zero attached hydrogens (tertiary/aromatic N) is 1. The van der Waals surface area contributed by atoms with E-state index in [2.05, 4.69) is 18.0 Å². The van der Waals surface area contributed by atoms with Crippen LogP contribution >= 0.6 is 0 Å². The summed E-state index contributed by atoms with van der Waals surface area (Å²) in [6, 6.07) is 9.56. The first-order valence-corrected chi connectivity index (χ1v) is 6.40. The van der Waals surface area contributed by atoms with E-state index in [-0.39, 0.29) is 6.10 Å². The molecule has 4 heteroatoms. The highest BCUT2D eigenvalue weighted by atomic mass is 16.5. The third-order valence-electron chi connectivity index (χ3n) is 3.26. The Bertz CT molecular complexity index is 581. The van der Waals surface area contributed by atoms with Gasteiger partial charge in [0.05, 0.1) is 24.6 Å². The molecule has 0 amide bonds. The summed E-state index contributed by atoms with van der Waals surface area (Å²) in [4.78, 5) is 4.16. The molecule has 2 N–H and O–H groups in total. The highest BCUT2D eigenvalue weighted by molar-refractivity contribution is 5.46. The molecular weight excluding hydrogens is 240 g/mol. The Morgan fingerprint density at radius 3 is 3.00 bits per heavy atom. The molecule has 1 unspecified atom stereocenters. The standard InChI is InChI=1S/C15H16N2O2/c1-2-12-15-10(9-18-12)4-3-5-13(15)19-14-7-6-11(16)8-17-14/h3-8,12H,2,9,16H2,1H3. The van der Waals surface area contributed by atoms with Gasteiger partial charge in [-0.05, 0) is 24.1 Å². The molecule has 98 valence electrons. The van der Waals surface area contributed by atoms with Gasteiger partial charge in [0.1, 0.15) is 5.75 Å². The van der Waals surface area contributed by atoms with Gasteiger partial charge >= 0.3 is 0 Å². The molecule has 0 bridgehead atoms. The number of anilines is 1. The molecule has 1 aromatic heterocycles. The smallest absolute Gasteiger partial charge is 0.219 e. The zero-order chi connectivity index (χ0) is 13.2. The number of nitrogen functional groups attached to an aromatic ring is 1. The topological polar surface area (TPSA) is 57.4 Å². The minimum atomic E-state index is 0.111. The zero-order valence-corrected chi connectivity index (χ0v) is 10.8. The molecule has 2 heterocycles. The fourth-order valence-electron chi connectivity index (χ4n) is 2.33. The van der Waals surface area contributed by atoms with Crippen LogP contribution in [0.25, 0.3) is 0 Å². The van der Waals surface area contributed by atoms with Gasteiger partial charge in [-0.1, -0.05) is 19.1 Å². The summed E-state index contributed by atoms with van der Waals surface area (Å²) in [6.45, 7) is 2.76. The number of fused-ring (bicyclic) bond motifs is 1. The van der Waals surface area contributed by atoms with E-state index in [4.69, 9.17) is 15.2 Å². The highest BCUT2D eigenvalue weighted by Gasteiger charge is 2.25. The van der Waals surface area contributed by atoms with E-state index in [0.29, 0.717) is 18.2 Å². The zero-order valence-electron chi connectivity index (χ0n) is 10.8. The fraction of sp³-hybridized carbons (Fsp3) is 0.267. The normalized spacial score (nSPS) is 17.2. The van der Waals surface area contributed by atoms with E-state index in [1.165, 1.54) is 5.56 Å². The van der Waals surface area contributed by atoms with Crippen molar-refractivity contribution in [1.29, 1.82) is 0 Å². The van der Waals surface area contributed by atoms with Crippen LogP contribution in [0.3, 0.4) is 0 Å². The second kappa shape index (κ2) is 4.90. The molecule has 0 spiro atoms. The number of hydrogen-bond donors (Lipinski definition) is 1. The summed E-state index contributed by atoms with van der Waals surface area (Å²) in [7, 11) is 0. The van der Waals surface area contributed by atoms with Crippen LogP contribution in [-0.2, 0) is 11.3 Å². The first-order chi connectivity index (χ1) is 9.28. The van der Waals surface area contributed by atoms with Crippen LogP contribution in [0.5, 0.6) is 11.6 Å². The summed E-state index contributed by atoms with van der Waals surface area (Å²) in [6.07, 6.45) is 2.63. The largest absolute Gasteiger partial charge is 0.439 e. The van der Waals surface area contributed by atoms with Crippen molar-refractivity contribution in [3.05, 3.63) is 47.7 Å². The predicted molar refractivity (Wildman–Crippen MR) is 73.0 cm³/mol. The van der Waals surface area contributed by atoms with Gasteiger partial charge in [0, 0.05) is 11.6 Å². The van der Waals surface area contributed by atoms with Gasteiger partial charge < -0.3 is 15.2 Å². The molecule has 1 atom stereocenters. The second-order valence-electron chi connectivity index (χ2n) is 4.57. The third-order valence-corrected chi connectivity index (χ3v) is 3.26. The van der Waals surface area contributed by atoms with Crippen LogP contribution in [0.4, 0.5) is 5.69 Å². The average Bonchev–Trinajstić information content (AvgIpc) is 2.85. The molecular formula is C15H16N2O2. The summed E-state index contributed by atoms with van der Waals surface area (Å²) in [5.41, 5.74) is 8.58. The molecule has 4 nitrogen and oxygen atoms in total. The van der Waals surface area contributed by atoms with E-state index < -0.39 is 0 Å². The number of nitrogens with two attached hydrogens (primary N) is 1. The van der Waals surface area contributed by atoms with E-state index >= 15 is 0 Å². The summed E-state index contributed by atoms with van der Waals surface area (Å²) < 4.78 is 11.6. The lowest BCUT2D eigenvalue weighted by molar-refractivity contribution is 0.0628. The Morgan fingerprint density at radius 1 is 1.37 bits per heavy atom. The van der Waals surface area contributed by atoms with Gasteiger partial charge in [-0.25, -0.2) is 4.98 Å². The van der Waals surface area contributed by atoms with Crippen molar-refractivity contribution in [3.8, 4) is 11.6 Å². The molecule has 19 heavy (non-hydrogen) atoms. The number of rotatable bonds is 3. The monoisotopic (exact) mass is 256 g/mol. The molecule has 1 aromatic carbocycles. The molecule has 0 fully saturated rings. The van der Waals surface area contributed by atoms with Gasteiger partial charge in [0.15, 0.2) is 0 Å². The molecule has 0 radical (unpaired) electrons. The number of pyridine rings is 1. The van der Waals surface area contributed by atoms with Crippen LogP contribution in [-0.4, -0.2) is 4.98 Å². The lowest BCUT2D eigenvalue weighted by Crippen LogP contribution is -1.98. The highest BCUT2D eigenvalue weighted by Crippen LogP contribution is 2.40. The molecule has 0 saturated carbocycles. The Hall–Kier alpha value is -2.07. The van der Waals surface area contributed by atoms with Crippen LogP contribution in [0.15, 0.2) is 36.5 Å². The molecule has 2 aromatic rings. The number of aromatic nitrogens is 1. The van der Waals surface area contributed by atoms with Crippen molar-refractivity contribution in [1.82, 2.24) is 4.98 Å². The van der Waals surface area contributed by atoms with Crippen LogP contribution in [0.1, 0.15) is 30.6 Å². The van der Waals surface area contributed by atoms with E-state index in [1.54, 1.807) is 18.3 Å². The van der Waals surface area contributed by atoms with E-state index in [0.717, 1.165) is 17.7 Å². The number of hydrogen-bond acceptors (Lipinski definition) is 4. The van der Waals surface area contributed by atoms with Crippen molar-refractivity contribution in [2.24, 2.45) is 0 Å². The molecule has 0 aliphatic carbocycles. The third kappa shape index (κ3) is 2.27. The Kier molecular flexibility index (Phi) is 3.09. The number of benzene rings is 1. The van der Waals surface area contributed by atoms with Crippen LogP contribution in [0, 0.1) is 0 Å². The first kappa shape index (κ1) is 12.0. The Labute approximate surface area is 112 Å². The lowest BCUT2D eigenvalue weighted by atomic mass is 10.0.